The molecule has 3 nitrogen and oxygen atoms in total. The van der Waals surface area contributed by atoms with Crippen LogP contribution in [0.25, 0.3) is 0 Å². The van der Waals surface area contributed by atoms with Crippen LogP contribution < -0.4 is 0 Å². The van der Waals surface area contributed by atoms with Crippen LogP contribution >= 0.6 is 0 Å². The summed E-state index contributed by atoms with van der Waals surface area (Å²) in [5, 5.41) is 21.1. The van der Waals surface area contributed by atoms with Crippen molar-refractivity contribution in [3.63, 3.8) is 0 Å². The van der Waals surface area contributed by atoms with Crippen LogP contribution in [0.3, 0.4) is 0 Å². The molecule has 0 aromatic rings. The number of nitriles is 2. The van der Waals surface area contributed by atoms with E-state index < -0.39 is 0 Å². The van der Waals surface area contributed by atoms with Crippen LogP contribution in [0.4, 0.5) is 0 Å². The zero-order valence-corrected chi connectivity index (χ0v) is 37.4. The molecule has 55 heavy (non-hydrogen) atoms. The summed E-state index contributed by atoms with van der Waals surface area (Å²) in [7, 11) is 0. The third kappa shape index (κ3) is 15.2. The van der Waals surface area contributed by atoms with Crippen molar-refractivity contribution < 1.29 is 4.74 Å². The van der Waals surface area contributed by atoms with Crippen LogP contribution in [0.1, 0.15) is 259 Å². The van der Waals surface area contributed by atoms with Gasteiger partial charge in [-0.15, -0.1) is 0 Å². The molecule has 0 amide bonds. The lowest BCUT2D eigenvalue weighted by atomic mass is 9.64. The van der Waals surface area contributed by atoms with Crippen LogP contribution in [0.2, 0.25) is 0 Å². The van der Waals surface area contributed by atoms with E-state index >= 15 is 0 Å². The minimum absolute atomic E-state index is 0.0969. The average Bonchev–Trinajstić information content (AvgIpc) is 3.23. The van der Waals surface area contributed by atoms with E-state index in [0.717, 1.165) is 50.4 Å². The van der Waals surface area contributed by atoms with E-state index in [-0.39, 0.29) is 10.8 Å². The van der Waals surface area contributed by atoms with Crippen molar-refractivity contribution in [2.75, 3.05) is 0 Å². The second-order valence-corrected chi connectivity index (χ2v) is 20.4. The Bertz CT molecular complexity index is 970. The fraction of sp³-hybridized carbons (Fsp3) is 0.962. The van der Waals surface area contributed by atoms with Crippen molar-refractivity contribution in [3.8, 4) is 12.1 Å². The molecule has 0 saturated heterocycles. The molecule has 3 heteroatoms. The Balaban J connectivity index is 1.49. The second-order valence-electron chi connectivity index (χ2n) is 20.4. The SMILES string of the molecule is CCCCCCCC1(C#N)CCC(C(OC(C2CCC(CCCCC)CC2)C2CCC(C#N)(CCCCCCC)CC2)C2CCC(CCCCC)CC2)CC1. The molecule has 0 N–H and O–H groups in total. The first-order chi connectivity index (χ1) is 26.9. The summed E-state index contributed by atoms with van der Waals surface area (Å²) in [5.41, 5.74) is -0.194. The number of hydrogen-bond donors (Lipinski definition) is 0. The summed E-state index contributed by atoms with van der Waals surface area (Å²) in [6.45, 7) is 9.27. The van der Waals surface area contributed by atoms with Crippen LogP contribution in [0.5, 0.6) is 0 Å². The largest absolute Gasteiger partial charge is 0.374 e. The zero-order chi connectivity index (χ0) is 39.2. The number of unbranched alkanes of at least 4 members (excludes halogenated alkanes) is 12. The maximum Gasteiger partial charge on any atom is 0.0689 e. The highest BCUT2D eigenvalue weighted by Crippen LogP contribution is 2.51. The van der Waals surface area contributed by atoms with Gasteiger partial charge in [0.05, 0.1) is 35.2 Å². The molecule has 0 heterocycles. The Labute approximate surface area is 343 Å². The topological polar surface area (TPSA) is 56.8 Å². The predicted octanol–water partition coefficient (Wildman–Crippen LogP) is 16.6. The minimum atomic E-state index is -0.0969. The number of nitrogens with zero attached hydrogens (tertiary/aromatic N) is 2. The Morgan fingerprint density at radius 1 is 0.418 bits per heavy atom. The number of rotatable bonds is 26. The maximum absolute atomic E-state index is 10.6. The highest BCUT2D eigenvalue weighted by molar-refractivity contribution is 5.05. The Hall–Kier alpha value is -1.06. The summed E-state index contributed by atoms with van der Waals surface area (Å²) in [6.07, 6.45) is 47.2. The lowest BCUT2D eigenvalue weighted by molar-refractivity contribution is -0.145. The molecule has 4 fully saturated rings. The van der Waals surface area contributed by atoms with Gasteiger partial charge in [-0.3, -0.25) is 0 Å². The van der Waals surface area contributed by atoms with Gasteiger partial charge in [-0.2, -0.15) is 10.5 Å². The summed E-state index contributed by atoms with van der Waals surface area (Å²) < 4.78 is 7.96. The van der Waals surface area contributed by atoms with Gasteiger partial charge in [0, 0.05) is 0 Å². The molecule has 0 radical (unpaired) electrons. The van der Waals surface area contributed by atoms with Crippen molar-refractivity contribution in [1.82, 2.24) is 0 Å². The molecule has 2 atom stereocenters. The molecule has 2 unspecified atom stereocenters. The van der Waals surface area contributed by atoms with E-state index in [2.05, 4.69) is 39.8 Å². The van der Waals surface area contributed by atoms with Crippen molar-refractivity contribution >= 4 is 0 Å². The molecular weight excluding hydrogens is 669 g/mol. The molecule has 4 saturated carbocycles. The van der Waals surface area contributed by atoms with Gasteiger partial charge in [-0.25, -0.2) is 0 Å². The smallest absolute Gasteiger partial charge is 0.0689 e. The van der Waals surface area contributed by atoms with Crippen molar-refractivity contribution in [2.24, 2.45) is 46.3 Å². The van der Waals surface area contributed by atoms with Crippen LogP contribution in [-0.4, -0.2) is 12.2 Å². The fourth-order valence-corrected chi connectivity index (χ4v) is 12.4. The van der Waals surface area contributed by atoms with Gasteiger partial charge in [-0.05, 0) is 125 Å². The summed E-state index contributed by atoms with van der Waals surface area (Å²) in [5.74, 6) is 4.45. The van der Waals surface area contributed by atoms with Crippen LogP contribution in [0.15, 0.2) is 0 Å². The van der Waals surface area contributed by atoms with Crippen molar-refractivity contribution in [3.05, 3.63) is 0 Å². The fourth-order valence-electron chi connectivity index (χ4n) is 12.4. The van der Waals surface area contributed by atoms with Crippen LogP contribution in [0, 0.1) is 69.0 Å². The van der Waals surface area contributed by atoms with Gasteiger partial charge in [0.2, 0.25) is 0 Å². The first kappa shape index (κ1) is 46.6. The molecular formula is C52H92N2O. The molecule has 0 bridgehead atoms. The highest BCUT2D eigenvalue weighted by atomic mass is 16.5. The number of hydrogen-bond acceptors (Lipinski definition) is 3. The second kappa shape index (κ2) is 26.1. The lowest BCUT2D eigenvalue weighted by Crippen LogP contribution is -2.46. The molecule has 0 aliphatic heterocycles. The number of ether oxygens (including phenoxy) is 1. The van der Waals surface area contributed by atoms with Gasteiger partial charge in [-0.1, -0.05) is 169 Å². The lowest BCUT2D eigenvalue weighted by Gasteiger charge is -2.48. The van der Waals surface area contributed by atoms with E-state index in [4.69, 9.17) is 4.74 Å². The predicted molar refractivity (Wildman–Crippen MR) is 235 cm³/mol. The molecule has 0 spiro atoms. The van der Waals surface area contributed by atoms with E-state index in [0.29, 0.717) is 35.9 Å². The van der Waals surface area contributed by atoms with Gasteiger partial charge in [0.15, 0.2) is 0 Å². The Morgan fingerprint density at radius 2 is 0.727 bits per heavy atom. The molecule has 4 rings (SSSR count). The van der Waals surface area contributed by atoms with E-state index in [1.54, 1.807) is 0 Å². The van der Waals surface area contributed by atoms with E-state index in [1.165, 1.54) is 193 Å². The summed E-state index contributed by atoms with van der Waals surface area (Å²) in [6, 6.07) is 5.83. The molecule has 4 aliphatic carbocycles. The zero-order valence-electron chi connectivity index (χ0n) is 37.4. The van der Waals surface area contributed by atoms with Gasteiger partial charge >= 0.3 is 0 Å². The van der Waals surface area contributed by atoms with Crippen molar-refractivity contribution in [2.45, 2.75) is 271 Å². The maximum atomic E-state index is 10.6. The first-order valence-electron chi connectivity index (χ1n) is 25.4. The standard InChI is InChI=1S/C52H92N2O/c1-5-9-13-15-19-35-51(41-53)37-31-47(32-38-51)49(45-27-23-43(24-28-45)21-17-11-7-3)55-50(46-29-25-44(26-30-46)22-18-12-8-4)48-33-39-52(42-54,40-34-48)36-20-16-14-10-6-2/h43-50H,5-40H2,1-4H3. The normalized spacial score (nSPS) is 32.7. The summed E-state index contributed by atoms with van der Waals surface area (Å²) in [4.78, 5) is 0. The Morgan fingerprint density at radius 3 is 1.05 bits per heavy atom. The third-order valence-corrected chi connectivity index (χ3v) is 16.4. The first-order valence-corrected chi connectivity index (χ1v) is 25.4. The molecule has 0 aromatic heterocycles. The Kier molecular flexibility index (Phi) is 22.1. The van der Waals surface area contributed by atoms with Crippen molar-refractivity contribution in [1.29, 1.82) is 10.5 Å². The van der Waals surface area contributed by atoms with E-state index in [1.807, 2.05) is 0 Å². The highest BCUT2D eigenvalue weighted by Gasteiger charge is 2.46. The average molecular weight is 761 g/mol. The monoisotopic (exact) mass is 761 g/mol. The minimum Gasteiger partial charge on any atom is -0.374 e. The van der Waals surface area contributed by atoms with Gasteiger partial charge < -0.3 is 4.74 Å². The molecule has 316 valence electrons. The van der Waals surface area contributed by atoms with Crippen LogP contribution in [-0.2, 0) is 4.74 Å². The quantitative estimate of drug-likeness (QED) is 0.0825. The van der Waals surface area contributed by atoms with Gasteiger partial charge in [0.1, 0.15) is 0 Å². The molecule has 0 aromatic carbocycles. The van der Waals surface area contributed by atoms with E-state index in [9.17, 15) is 10.5 Å². The van der Waals surface area contributed by atoms with Gasteiger partial charge in [0.25, 0.3) is 0 Å². The third-order valence-electron chi connectivity index (χ3n) is 16.4. The molecule has 4 aliphatic rings. The summed E-state index contributed by atoms with van der Waals surface area (Å²) >= 11 is 0.